The van der Waals surface area contributed by atoms with Gasteiger partial charge < -0.3 is 19.2 Å². The number of methoxy groups -OCH3 is 2. The molecule has 1 aromatic heterocycles. The number of nitrogens with one attached hydrogen (secondary N) is 1. The number of H-pyrrole nitrogens is 1. The van der Waals surface area contributed by atoms with Crippen LogP contribution < -0.4 is 14.2 Å². The van der Waals surface area contributed by atoms with E-state index in [-0.39, 0.29) is 19.0 Å². The van der Waals surface area contributed by atoms with Gasteiger partial charge in [-0.2, -0.15) is 0 Å². The van der Waals surface area contributed by atoms with Crippen molar-refractivity contribution in [3.05, 3.63) is 83.3 Å². The van der Waals surface area contributed by atoms with Crippen LogP contribution in [0.15, 0.2) is 66.9 Å². The number of halogens is 3. The van der Waals surface area contributed by atoms with Crippen LogP contribution in [0.1, 0.15) is 5.56 Å². The summed E-state index contributed by atoms with van der Waals surface area (Å²) in [4.78, 5) is 7.79. The van der Waals surface area contributed by atoms with Crippen LogP contribution in [-0.4, -0.2) is 24.2 Å². The molecule has 1 N–H and O–H groups in total. The molecule has 4 rings (SSSR count). The molecule has 0 aliphatic carbocycles. The van der Waals surface area contributed by atoms with Crippen LogP contribution in [0.3, 0.4) is 0 Å². The van der Waals surface area contributed by atoms with E-state index in [0.29, 0.717) is 22.1 Å². The molecule has 0 aliphatic heterocycles. The fourth-order valence-electron chi connectivity index (χ4n) is 3.16. The van der Waals surface area contributed by atoms with Crippen LogP contribution in [0.4, 0.5) is 4.39 Å². The molecule has 5 nitrogen and oxygen atoms in total. The lowest BCUT2D eigenvalue weighted by Crippen LogP contribution is -1.99. The zero-order valence-corrected chi connectivity index (χ0v) is 19.0. The molecular formula is C24H21Cl2FN2O3. The topological polar surface area (TPSA) is 56.4 Å². The number of aromatic nitrogens is 2. The van der Waals surface area contributed by atoms with Crippen molar-refractivity contribution >= 4 is 24.0 Å². The van der Waals surface area contributed by atoms with Crippen LogP contribution in [0.2, 0.25) is 5.02 Å². The summed E-state index contributed by atoms with van der Waals surface area (Å²) >= 11 is 5.79. The lowest BCUT2D eigenvalue weighted by Gasteiger charge is -2.11. The van der Waals surface area contributed by atoms with Gasteiger partial charge in [0, 0.05) is 27.8 Å². The fraction of sp³-hybridized carbons (Fsp3) is 0.125. The molecule has 0 spiro atoms. The number of aromatic amines is 1. The zero-order valence-electron chi connectivity index (χ0n) is 17.4. The zero-order chi connectivity index (χ0) is 21.8. The molecule has 0 saturated carbocycles. The van der Waals surface area contributed by atoms with Gasteiger partial charge in [-0.25, -0.2) is 9.37 Å². The first-order chi connectivity index (χ1) is 15.1. The molecule has 0 atom stereocenters. The van der Waals surface area contributed by atoms with Gasteiger partial charge in [0.25, 0.3) is 0 Å². The summed E-state index contributed by atoms with van der Waals surface area (Å²) in [6, 6.07) is 17.6. The van der Waals surface area contributed by atoms with Crippen molar-refractivity contribution in [3.8, 4) is 39.9 Å². The predicted octanol–water partition coefficient (Wildman–Crippen LogP) is 6.55. The molecule has 0 aliphatic rings. The highest BCUT2D eigenvalue weighted by molar-refractivity contribution is 6.30. The van der Waals surface area contributed by atoms with Crippen molar-refractivity contribution in [1.29, 1.82) is 0 Å². The monoisotopic (exact) mass is 474 g/mol. The Morgan fingerprint density at radius 1 is 0.969 bits per heavy atom. The molecular weight excluding hydrogens is 454 g/mol. The molecule has 0 radical (unpaired) electrons. The Hall–Kier alpha value is -3.22. The van der Waals surface area contributed by atoms with E-state index in [1.807, 2.05) is 30.3 Å². The summed E-state index contributed by atoms with van der Waals surface area (Å²) in [5.74, 6) is 2.23. The molecule has 3 aromatic carbocycles. The summed E-state index contributed by atoms with van der Waals surface area (Å²) in [7, 11) is 3.21. The van der Waals surface area contributed by atoms with E-state index in [0.717, 1.165) is 28.4 Å². The molecule has 32 heavy (non-hydrogen) atoms. The summed E-state index contributed by atoms with van der Waals surface area (Å²) in [6.45, 7) is 0.0789. The molecule has 166 valence electrons. The second kappa shape index (κ2) is 10.4. The SMILES string of the molecule is COc1cccc(-c2ncc(-c3ccc(OCc4ccc(Cl)cc4F)cc3OC)[nH]2)c1.Cl. The maximum absolute atomic E-state index is 14.0. The largest absolute Gasteiger partial charge is 0.497 e. The predicted molar refractivity (Wildman–Crippen MR) is 126 cm³/mol. The fourth-order valence-corrected chi connectivity index (χ4v) is 3.32. The van der Waals surface area contributed by atoms with Gasteiger partial charge in [-0.05, 0) is 36.4 Å². The van der Waals surface area contributed by atoms with E-state index in [1.165, 1.54) is 6.07 Å². The van der Waals surface area contributed by atoms with Gasteiger partial charge >= 0.3 is 0 Å². The highest BCUT2D eigenvalue weighted by Crippen LogP contribution is 2.34. The number of hydrogen-bond donors (Lipinski definition) is 1. The van der Waals surface area contributed by atoms with Crippen molar-refractivity contribution in [2.75, 3.05) is 14.2 Å². The summed E-state index contributed by atoms with van der Waals surface area (Å²) < 4.78 is 30.5. The van der Waals surface area contributed by atoms with Crippen molar-refractivity contribution in [2.45, 2.75) is 6.61 Å². The van der Waals surface area contributed by atoms with Crippen LogP contribution in [-0.2, 0) is 6.61 Å². The van der Waals surface area contributed by atoms with Crippen molar-refractivity contribution in [2.24, 2.45) is 0 Å². The number of hydrogen-bond acceptors (Lipinski definition) is 4. The maximum Gasteiger partial charge on any atom is 0.137 e. The number of nitrogens with zero attached hydrogens (tertiary/aromatic N) is 1. The second-order valence-electron chi connectivity index (χ2n) is 6.76. The van der Waals surface area contributed by atoms with Gasteiger partial charge in [-0.1, -0.05) is 29.8 Å². The van der Waals surface area contributed by atoms with Crippen LogP contribution in [0.25, 0.3) is 22.6 Å². The number of rotatable bonds is 7. The Kier molecular flexibility index (Phi) is 7.62. The molecule has 0 amide bonds. The normalized spacial score (nSPS) is 10.4. The van der Waals surface area contributed by atoms with E-state index in [4.69, 9.17) is 25.8 Å². The molecule has 4 aromatic rings. The third kappa shape index (κ3) is 5.15. The second-order valence-corrected chi connectivity index (χ2v) is 7.20. The van der Waals surface area contributed by atoms with Gasteiger partial charge in [0.1, 0.15) is 35.5 Å². The average molecular weight is 475 g/mol. The highest BCUT2D eigenvalue weighted by Gasteiger charge is 2.13. The van der Waals surface area contributed by atoms with Gasteiger partial charge in [-0.3, -0.25) is 0 Å². The number of imidazole rings is 1. The summed E-state index contributed by atoms with van der Waals surface area (Å²) in [5.41, 5.74) is 2.96. The summed E-state index contributed by atoms with van der Waals surface area (Å²) in [6.07, 6.45) is 1.75. The Balaban J connectivity index is 0.00000289. The lowest BCUT2D eigenvalue weighted by atomic mass is 10.1. The first-order valence-electron chi connectivity index (χ1n) is 9.52. The first kappa shape index (κ1) is 23.4. The van der Waals surface area contributed by atoms with E-state index in [9.17, 15) is 4.39 Å². The molecule has 0 unspecified atom stereocenters. The first-order valence-corrected chi connectivity index (χ1v) is 9.89. The van der Waals surface area contributed by atoms with E-state index in [2.05, 4.69) is 9.97 Å². The minimum absolute atomic E-state index is 0. The van der Waals surface area contributed by atoms with Crippen LogP contribution in [0, 0.1) is 5.82 Å². The Morgan fingerprint density at radius 3 is 2.56 bits per heavy atom. The minimum Gasteiger partial charge on any atom is -0.497 e. The molecule has 0 fully saturated rings. The third-order valence-corrected chi connectivity index (χ3v) is 5.03. The summed E-state index contributed by atoms with van der Waals surface area (Å²) in [5, 5.41) is 0.347. The Bertz CT molecular complexity index is 1210. The molecule has 0 bridgehead atoms. The third-order valence-electron chi connectivity index (χ3n) is 4.79. The maximum atomic E-state index is 14.0. The van der Waals surface area contributed by atoms with Gasteiger partial charge in [0.15, 0.2) is 0 Å². The van der Waals surface area contributed by atoms with Crippen LogP contribution in [0.5, 0.6) is 17.2 Å². The molecule has 0 saturated heterocycles. The highest BCUT2D eigenvalue weighted by atomic mass is 35.5. The molecule has 8 heteroatoms. The Morgan fingerprint density at radius 2 is 1.81 bits per heavy atom. The van der Waals surface area contributed by atoms with Crippen molar-refractivity contribution in [1.82, 2.24) is 9.97 Å². The standard InChI is InChI=1S/C24H20ClFN2O3.ClH/c1-29-18-5-3-4-15(10-18)24-27-13-22(28-24)20-9-8-19(12-23(20)30-2)31-14-16-6-7-17(25)11-21(16)26;/h3-13H,14H2,1-2H3,(H,27,28);1H. The quantitative estimate of drug-likeness (QED) is 0.329. The van der Waals surface area contributed by atoms with Crippen molar-refractivity contribution < 1.29 is 18.6 Å². The lowest BCUT2D eigenvalue weighted by molar-refractivity contribution is 0.297. The van der Waals surface area contributed by atoms with Crippen molar-refractivity contribution in [3.63, 3.8) is 0 Å². The van der Waals surface area contributed by atoms with Gasteiger partial charge in [-0.15, -0.1) is 12.4 Å². The van der Waals surface area contributed by atoms with Crippen LogP contribution >= 0.6 is 24.0 Å². The average Bonchev–Trinajstić information content (AvgIpc) is 3.28. The minimum atomic E-state index is -0.404. The van der Waals surface area contributed by atoms with Gasteiger partial charge in [0.2, 0.25) is 0 Å². The van der Waals surface area contributed by atoms with E-state index in [1.54, 1.807) is 44.7 Å². The van der Waals surface area contributed by atoms with E-state index >= 15 is 0 Å². The number of benzene rings is 3. The van der Waals surface area contributed by atoms with E-state index < -0.39 is 5.82 Å². The smallest absolute Gasteiger partial charge is 0.137 e. The molecule has 1 heterocycles. The Labute approximate surface area is 196 Å². The number of ether oxygens (including phenoxy) is 3. The van der Waals surface area contributed by atoms with Gasteiger partial charge in [0.05, 0.1) is 26.1 Å².